The summed E-state index contributed by atoms with van der Waals surface area (Å²) in [5.74, 6) is 0. The molecule has 1 atom stereocenters. The molecule has 2 N–H and O–H groups in total. The van der Waals surface area contributed by atoms with Crippen molar-refractivity contribution in [1.82, 2.24) is 5.32 Å². The van der Waals surface area contributed by atoms with Crippen LogP contribution in [0.4, 0.5) is 5.69 Å². The van der Waals surface area contributed by atoms with Gasteiger partial charge in [0.25, 0.3) is 0 Å². The Morgan fingerprint density at radius 1 is 1.53 bits per heavy atom. The van der Waals surface area contributed by atoms with E-state index in [2.05, 4.69) is 17.1 Å². The highest BCUT2D eigenvalue weighted by Gasteiger charge is 2.24. The molecule has 1 aromatic carbocycles. The molecule has 0 bridgehead atoms. The van der Waals surface area contributed by atoms with Crippen molar-refractivity contribution in [3.05, 3.63) is 28.8 Å². The van der Waals surface area contributed by atoms with Crippen molar-refractivity contribution >= 4 is 17.3 Å². The van der Waals surface area contributed by atoms with E-state index in [0.29, 0.717) is 13.2 Å². The Balaban J connectivity index is 2.25. The fourth-order valence-corrected chi connectivity index (χ4v) is 2.55. The lowest BCUT2D eigenvalue weighted by Gasteiger charge is -2.37. The van der Waals surface area contributed by atoms with Gasteiger partial charge in [-0.2, -0.15) is 0 Å². The van der Waals surface area contributed by atoms with Gasteiger partial charge < -0.3 is 20.1 Å². The smallest absolute Gasteiger partial charge is 0.0755 e. The number of anilines is 1. The number of rotatable bonds is 5. The standard InChI is InChI=1S/C14H21ClN2O2/c1-2-16-8-11-7-12(15)3-4-14(11)17-5-6-19-10-13(17)9-18/h3-4,7,13,16,18H,2,5-6,8-10H2,1H3. The molecule has 1 saturated heterocycles. The van der Waals surface area contributed by atoms with Gasteiger partial charge in [-0.05, 0) is 30.3 Å². The molecule has 0 radical (unpaired) electrons. The lowest BCUT2D eigenvalue weighted by molar-refractivity contribution is 0.0726. The Kier molecular flexibility index (Phi) is 5.45. The van der Waals surface area contributed by atoms with Crippen molar-refractivity contribution in [2.75, 3.05) is 37.8 Å². The molecule has 1 aliphatic heterocycles. The maximum atomic E-state index is 9.48. The molecule has 2 rings (SSSR count). The minimum atomic E-state index is 0.0234. The lowest BCUT2D eigenvalue weighted by atomic mass is 10.1. The first-order chi connectivity index (χ1) is 9.26. The van der Waals surface area contributed by atoms with Crippen molar-refractivity contribution < 1.29 is 9.84 Å². The number of morpholine rings is 1. The number of nitrogens with zero attached hydrogens (tertiary/aromatic N) is 1. The van der Waals surface area contributed by atoms with Crippen LogP contribution in [0.1, 0.15) is 12.5 Å². The molecule has 0 aliphatic carbocycles. The normalized spacial score (nSPS) is 19.7. The highest BCUT2D eigenvalue weighted by Crippen LogP contribution is 2.27. The number of aliphatic hydroxyl groups is 1. The molecule has 1 unspecified atom stereocenters. The molecule has 5 heteroatoms. The van der Waals surface area contributed by atoms with E-state index in [4.69, 9.17) is 16.3 Å². The van der Waals surface area contributed by atoms with Gasteiger partial charge in [-0.15, -0.1) is 0 Å². The van der Waals surface area contributed by atoms with Crippen molar-refractivity contribution in [2.24, 2.45) is 0 Å². The van der Waals surface area contributed by atoms with Crippen LogP contribution in [0.25, 0.3) is 0 Å². The zero-order valence-electron chi connectivity index (χ0n) is 11.2. The van der Waals surface area contributed by atoms with Gasteiger partial charge in [0.05, 0.1) is 25.9 Å². The molecule has 1 aromatic rings. The van der Waals surface area contributed by atoms with Gasteiger partial charge in [0.2, 0.25) is 0 Å². The molecule has 0 amide bonds. The fourth-order valence-electron chi connectivity index (χ4n) is 2.36. The van der Waals surface area contributed by atoms with E-state index in [-0.39, 0.29) is 12.6 Å². The maximum Gasteiger partial charge on any atom is 0.0755 e. The molecule has 1 fully saturated rings. The van der Waals surface area contributed by atoms with Crippen LogP contribution in [0.5, 0.6) is 0 Å². The van der Waals surface area contributed by atoms with Crippen molar-refractivity contribution in [3.63, 3.8) is 0 Å². The summed E-state index contributed by atoms with van der Waals surface area (Å²) in [4.78, 5) is 2.21. The molecule has 0 saturated carbocycles. The summed E-state index contributed by atoms with van der Waals surface area (Å²) >= 11 is 6.08. The third-order valence-electron chi connectivity index (χ3n) is 3.35. The molecule has 0 aromatic heterocycles. The second-order valence-corrected chi connectivity index (χ2v) is 5.09. The summed E-state index contributed by atoms with van der Waals surface area (Å²) in [6, 6.07) is 5.94. The van der Waals surface area contributed by atoms with E-state index in [0.717, 1.165) is 35.9 Å². The van der Waals surface area contributed by atoms with Crippen LogP contribution in [-0.2, 0) is 11.3 Å². The van der Waals surface area contributed by atoms with Crippen LogP contribution in [0.2, 0.25) is 5.02 Å². The van der Waals surface area contributed by atoms with Crippen molar-refractivity contribution in [2.45, 2.75) is 19.5 Å². The highest BCUT2D eigenvalue weighted by atomic mass is 35.5. The van der Waals surface area contributed by atoms with Gasteiger partial charge in [0, 0.05) is 23.8 Å². The Hall–Kier alpha value is -0.810. The van der Waals surface area contributed by atoms with Gasteiger partial charge >= 0.3 is 0 Å². The Labute approximate surface area is 119 Å². The van der Waals surface area contributed by atoms with E-state index >= 15 is 0 Å². The van der Waals surface area contributed by atoms with E-state index < -0.39 is 0 Å². The molecule has 0 spiro atoms. The van der Waals surface area contributed by atoms with E-state index in [9.17, 15) is 5.11 Å². The van der Waals surface area contributed by atoms with Crippen LogP contribution in [0, 0.1) is 0 Å². The second-order valence-electron chi connectivity index (χ2n) is 4.66. The monoisotopic (exact) mass is 284 g/mol. The molecule has 1 aliphatic rings. The van der Waals surface area contributed by atoms with Crippen molar-refractivity contribution in [3.8, 4) is 0 Å². The number of ether oxygens (including phenoxy) is 1. The SMILES string of the molecule is CCNCc1cc(Cl)ccc1N1CCOCC1CO. The predicted octanol–water partition coefficient (Wildman–Crippen LogP) is 1.65. The minimum absolute atomic E-state index is 0.0234. The second kappa shape index (κ2) is 7.10. The predicted molar refractivity (Wildman–Crippen MR) is 77.9 cm³/mol. The van der Waals surface area contributed by atoms with Crippen LogP contribution in [0.3, 0.4) is 0 Å². The maximum absolute atomic E-state index is 9.48. The summed E-state index contributed by atoms with van der Waals surface area (Å²) < 4.78 is 5.43. The summed E-state index contributed by atoms with van der Waals surface area (Å²) in [7, 11) is 0. The molecule has 106 valence electrons. The van der Waals surface area contributed by atoms with Gasteiger partial charge in [0.1, 0.15) is 0 Å². The van der Waals surface area contributed by atoms with E-state index in [1.54, 1.807) is 0 Å². The largest absolute Gasteiger partial charge is 0.394 e. The Morgan fingerprint density at radius 3 is 3.11 bits per heavy atom. The van der Waals surface area contributed by atoms with E-state index in [1.165, 1.54) is 0 Å². The Morgan fingerprint density at radius 2 is 2.37 bits per heavy atom. The zero-order chi connectivity index (χ0) is 13.7. The average molecular weight is 285 g/mol. The fraction of sp³-hybridized carbons (Fsp3) is 0.571. The molecule has 1 heterocycles. The first kappa shape index (κ1) is 14.6. The zero-order valence-corrected chi connectivity index (χ0v) is 12.0. The number of halogens is 1. The van der Waals surface area contributed by atoms with Crippen LogP contribution in [-0.4, -0.2) is 44.1 Å². The minimum Gasteiger partial charge on any atom is -0.394 e. The van der Waals surface area contributed by atoms with Gasteiger partial charge in [-0.1, -0.05) is 18.5 Å². The van der Waals surface area contributed by atoms with Crippen LogP contribution in [0.15, 0.2) is 18.2 Å². The molecular weight excluding hydrogens is 264 g/mol. The molecule has 19 heavy (non-hydrogen) atoms. The van der Waals surface area contributed by atoms with Gasteiger partial charge in [0.15, 0.2) is 0 Å². The third kappa shape index (κ3) is 3.60. The molecule has 4 nitrogen and oxygen atoms in total. The number of benzene rings is 1. The topological polar surface area (TPSA) is 44.7 Å². The van der Waals surface area contributed by atoms with Gasteiger partial charge in [-0.25, -0.2) is 0 Å². The Bertz CT molecular complexity index is 414. The summed E-state index contributed by atoms with van der Waals surface area (Å²) in [5, 5.41) is 13.5. The third-order valence-corrected chi connectivity index (χ3v) is 3.59. The first-order valence-corrected chi connectivity index (χ1v) is 7.08. The van der Waals surface area contributed by atoms with E-state index in [1.807, 2.05) is 18.2 Å². The van der Waals surface area contributed by atoms with Crippen LogP contribution >= 0.6 is 11.6 Å². The quantitative estimate of drug-likeness (QED) is 0.863. The highest BCUT2D eigenvalue weighted by molar-refractivity contribution is 6.30. The number of hydrogen-bond acceptors (Lipinski definition) is 4. The summed E-state index contributed by atoms with van der Waals surface area (Å²) in [5.41, 5.74) is 2.29. The first-order valence-electron chi connectivity index (χ1n) is 6.70. The average Bonchev–Trinajstić information content (AvgIpc) is 2.45. The van der Waals surface area contributed by atoms with Crippen LogP contribution < -0.4 is 10.2 Å². The molecular formula is C14H21ClN2O2. The summed E-state index contributed by atoms with van der Waals surface area (Å²) in [6.07, 6.45) is 0. The number of aliphatic hydroxyl groups excluding tert-OH is 1. The number of hydrogen-bond donors (Lipinski definition) is 2. The summed E-state index contributed by atoms with van der Waals surface area (Å²) in [6.45, 7) is 5.94. The lowest BCUT2D eigenvalue weighted by Crippen LogP contribution is -2.48. The number of nitrogens with one attached hydrogen (secondary N) is 1. The van der Waals surface area contributed by atoms with Gasteiger partial charge in [-0.3, -0.25) is 0 Å². The van der Waals surface area contributed by atoms with Crippen molar-refractivity contribution in [1.29, 1.82) is 0 Å².